The van der Waals surface area contributed by atoms with Crippen molar-refractivity contribution in [1.82, 2.24) is 4.31 Å². The molecule has 28 heavy (non-hydrogen) atoms. The van der Waals surface area contributed by atoms with Gasteiger partial charge in [-0.2, -0.15) is 4.31 Å². The second kappa shape index (κ2) is 8.32. The number of methoxy groups -OCH3 is 1. The van der Waals surface area contributed by atoms with Crippen molar-refractivity contribution in [2.75, 3.05) is 25.5 Å². The molecule has 1 aliphatic rings. The Bertz CT molecular complexity index is 947. The van der Waals surface area contributed by atoms with E-state index >= 15 is 0 Å². The van der Waals surface area contributed by atoms with Crippen LogP contribution < -0.4 is 10.1 Å². The van der Waals surface area contributed by atoms with Gasteiger partial charge in [0.05, 0.1) is 12.0 Å². The normalized spacial score (nSPS) is 16.0. The number of benzene rings is 2. The van der Waals surface area contributed by atoms with E-state index in [0.29, 0.717) is 36.0 Å². The van der Waals surface area contributed by atoms with Crippen molar-refractivity contribution in [2.24, 2.45) is 5.92 Å². The summed E-state index contributed by atoms with van der Waals surface area (Å²) in [6, 6.07) is 11.7. The SMILES string of the molecule is COc1ccc(NC(=O)c2cc(S(=O)(=O)N3CCC(C)CC3)ccc2C)cc1. The molecule has 6 nitrogen and oxygen atoms in total. The van der Waals surface area contributed by atoms with Gasteiger partial charge in [0.2, 0.25) is 10.0 Å². The van der Waals surface area contributed by atoms with Gasteiger partial charge in [-0.25, -0.2) is 8.42 Å². The average Bonchev–Trinajstić information content (AvgIpc) is 2.69. The Morgan fingerprint density at radius 1 is 1.11 bits per heavy atom. The number of hydrogen-bond donors (Lipinski definition) is 1. The Kier molecular flexibility index (Phi) is 6.05. The third-order valence-electron chi connectivity index (χ3n) is 5.18. The first-order chi connectivity index (χ1) is 13.3. The molecule has 1 fully saturated rings. The van der Waals surface area contributed by atoms with Gasteiger partial charge >= 0.3 is 0 Å². The number of anilines is 1. The minimum Gasteiger partial charge on any atom is -0.497 e. The predicted octanol–water partition coefficient (Wildman–Crippen LogP) is 3.68. The van der Waals surface area contributed by atoms with Crippen LogP contribution in [0, 0.1) is 12.8 Å². The van der Waals surface area contributed by atoms with Gasteiger partial charge in [-0.1, -0.05) is 13.0 Å². The van der Waals surface area contributed by atoms with E-state index in [1.807, 2.05) is 0 Å². The van der Waals surface area contributed by atoms with Crippen molar-refractivity contribution in [1.29, 1.82) is 0 Å². The summed E-state index contributed by atoms with van der Waals surface area (Å²) < 4.78 is 32.6. The maximum atomic E-state index is 13.0. The molecule has 3 rings (SSSR count). The molecule has 150 valence electrons. The Morgan fingerprint density at radius 2 is 1.75 bits per heavy atom. The predicted molar refractivity (Wildman–Crippen MR) is 109 cm³/mol. The van der Waals surface area contributed by atoms with Crippen molar-refractivity contribution in [3.8, 4) is 5.75 Å². The maximum Gasteiger partial charge on any atom is 0.255 e. The highest BCUT2D eigenvalue weighted by molar-refractivity contribution is 7.89. The summed E-state index contributed by atoms with van der Waals surface area (Å²) in [5, 5.41) is 2.81. The van der Waals surface area contributed by atoms with Crippen LogP contribution in [0.1, 0.15) is 35.7 Å². The molecule has 0 saturated carbocycles. The highest BCUT2D eigenvalue weighted by Crippen LogP contribution is 2.25. The van der Waals surface area contributed by atoms with Crippen LogP contribution in [0.2, 0.25) is 0 Å². The number of nitrogens with one attached hydrogen (secondary N) is 1. The molecule has 1 amide bonds. The Labute approximate surface area is 166 Å². The molecule has 7 heteroatoms. The lowest BCUT2D eigenvalue weighted by Crippen LogP contribution is -2.38. The summed E-state index contributed by atoms with van der Waals surface area (Å²) in [6.07, 6.45) is 1.71. The molecule has 0 atom stereocenters. The molecular weight excluding hydrogens is 376 g/mol. The van der Waals surface area contributed by atoms with Gasteiger partial charge < -0.3 is 10.1 Å². The van der Waals surface area contributed by atoms with Gasteiger partial charge in [-0.05, 0) is 67.6 Å². The number of hydrogen-bond acceptors (Lipinski definition) is 4. The smallest absolute Gasteiger partial charge is 0.255 e. The fourth-order valence-corrected chi connectivity index (χ4v) is 4.75. The molecule has 1 heterocycles. The lowest BCUT2D eigenvalue weighted by atomic mass is 10.0. The van der Waals surface area contributed by atoms with Gasteiger partial charge in [0, 0.05) is 24.3 Å². The van der Waals surface area contributed by atoms with Crippen LogP contribution in [-0.4, -0.2) is 38.8 Å². The minimum atomic E-state index is -3.60. The highest BCUT2D eigenvalue weighted by Gasteiger charge is 2.28. The molecule has 0 unspecified atom stereocenters. The zero-order chi connectivity index (χ0) is 20.3. The minimum absolute atomic E-state index is 0.160. The molecule has 0 aliphatic carbocycles. The van der Waals surface area contributed by atoms with Gasteiger partial charge in [0.1, 0.15) is 5.75 Å². The van der Waals surface area contributed by atoms with E-state index in [1.165, 1.54) is 10.4 Å². The zero-order valence-corrected chi connectivity index (χ0v) is 17.3. The van der Waals surface area contributed by atoms with Crippen LogP contribution in [0.25, 0.3) is 0 Å². The molecule has 1 saturated heterocycles. The second-order valence-electron chi connectivity index (χ2n) is 7.25. The third kappa shape index (κ3) is 4.36. The Morgan fingerprint density at radius 3 is 2.36 bits per heavy atom. The van der Waals surface area contributed by atoms with Gasteiger partial charge in [0.15, 0.2) is 0 Å². The first-order valence-electron chi connectivity index (χ1n) is 9.37. The molecule has 2 aromatic carbocycles. The van der Waals surface area contributed by atoms with Crippen LogP contribution in [0.5, 0.6) is 5.75 Å². The number of aryl methyl sites for hydroxylation is 1. The topological polar surface area (TPSA) is 75.7 Å². The lowest BCUT2D eigenvalue weighted by Gasteiger charge is -2.29. The van der Waals surface area contributed by atoms with Crippen molar-refractivity contribution < 1.29 is 17.9 Å². The summed E-state index contributed by atoms with van der Waals surface area (Å²) >= 11 is 0. The fourth-order valence-electron chi connectivity index (χ4n) is 3.25. The van der Waals surface area contributed by atoms with Crippen LogP contribution in [-0.2, 0) is 10.0 Å². The van der Waals surface area contributed by atoms with E-state index in [0.717, 1.165) is 18.4 Å². The molecular formula is C21H26N2O4S. The molecule has 0 spiro atoms. The summed E-state index contributed by atoms with van der Waals surface area (Å²) in [5.74, 6) is 0.889. The summed E-state index contributed by atoms with van der Waals surface area (Å²) in [4.78, 5) is 12.9. The van der Waals surface area contributed by atoms with Crippen LogP contribution in [0.4, 0.5) is 5.69 Å². The summed E-state index contributed by atoms with van der Waals surface area (Å²) in [7, 11) is -2.03. The monoisotopic (exact) mass is 402 g/mol. The maximum absolute atomic E-state index is 13.0. The van der Waals surface area contributed by atoms with Crippen LogP contribution in [0.3, 0.4) is 0 Å². The zero-order valence-electron chi connectivity index (χ0n) is 16.4. The van der Waals surface area contributed by atoms with E-state index in [4.69, 9.17) is 4.74 Å². The van der Waals surface area contributed by atoms with E-state index < -0.39 is 10.0 Å². The van der Waals surface area contributed by atoms with Crippen molar-refractivity contribution in [2.45, 2.75) is 31.6 Å². The van der Waals surface area contributed by atoms with Crippen molar-refractivity contribution in [3.05, 3.63) is 53.6 Å². The van der Waals surface area contributed by atoms with Gasteiger partial charge in [-0.3, -0.25) is 4.79 Å². The third-order valence-corrected chi connectivity index (χ3v) is 7.08. The number of rotatable bonds is 5. The number of carbonyl (C=O) groups excluding carboxylic acids is 1. The highest BCUT2D eigenvalue weighted by atomic mass is 32.2. The van der Waals surface area contributed by atoms with E-state index in [2.05, 4.69) is 12.2 Å². The van der Waals surface area contributed by atoms with E-state index in [1.54, 1.807) is 50.4 Å². The van der Waals surface area contributed by atoms with Gasteiger partial charge in [-0.15, -0.1) is 0 Å². The number of carbonyl (C=O) groups is 1. The van der Waals surface area contributed by atoms with Crippen molar-refractivity contribution >= 4 is 21.6 Å². The number of piperidine rings is 1. The molecule has 1 aliphatic heterocycles. The quantitative estimate of drug-likeness (QED) is 0.828. The van der Waals surface area contributed by atoms with Crippen molar-refractivity contribution in [3.63, 3.8) is 0 Å². The standard InChI is InChI=1S/C21H26N2O4S/c1-15-10-12-23(13-11-15)28(25,26)19-9-4-16(2)20(14-19)21(24)22-17-5-7-18(27-3)8-6-17/h4-9,14-15H,10-13H2,1-3H3,(H,22,24). The number of sulfonamides is 1. The van der Waals surface area contributed by atoms with Crippen LogP contribution >= 0.6 is 0 Å². The van der Waals surface area contributed by atoms with E-state index in [9.17, 15) is 13.2 Å². The summed E-state index contributed by atoms with van der Waals surface area (Å²) in [6.45, 7) is 4.97. The lowest BCUT2D eigenvalue weighted by molar-refractivity contribution is 0.102. The first kappa shape index (κ1) is 20.4. The molecule has 2 aromatic rings. The molecule has 1 N–H and O–H groups in total. The van der Waals surface area contributed by atoms with Crippen LogP contribution in [0.15, 0.2) is 47.4 Å². The molecule has 0 aromatic heterocycles. The molecule has 0 bridgehead atoms. The second-order valence-corrected chi connectivity index (χ2v) is 9.18. The fraction of sp³-hybridized carbons (Fsp3) is 0.381. The van der Waals surface area contributed by atoms with E-state index in [-0.39, 0.29) is 10.8 Å². The largest absolute Gasteiger partial charge is 0.497 e. The Balaban J connectivity index is 1.83. The van der Waals surface area contributed by atoms with Gasteiger partial charge in [0.25, 0.3) is 5.91 Å². The Hall–Kier alpha value is -2.38. The first-order valence-corrected chi connectivity index (χ1v) is 10.8. The molecule has 0 radical (unpaired) electrons. The summed E-state index contributed by atoms with van der Waals surface area (Å²) in [5.41, 5.74) is 1.68. The number of amides is 1. The average molecular weight is 403 g/mol. The number of ether oxygens (including phenoxy) is 1. The number of nitrogens with zero attached hydrogens (tertiary/aromatic N) is 1.